The highest BCUT2D eigenvalue weighted by atomic mass is 32.2. The van der Waals surface area contributed by atoms with Crippen LogP contribution in [0.3, 0.4) is 0 Å². The van der Waals surface area contributed by atoms with Crippen LogP contribution in [0.2, 0.25) is 0 Å². The van der Waals surface area contributed by atoms with E-state index in [-0.39, 0.29) is 27.5 Å². The third kappa shape index (κ3) is 5.85. The summed E-state index contributed by atoms with van der Waals surface area (Å²) in [4.78, 5) is 24.6. The predicted molar refractivity (Wildman–Crippen MR) is 117 cm³/mol. The SMILES string of the molecule is C[C@@H](Cc1ccccc1)NS(=O)(=O)c1ccc(C(=O)NCC(=O)c2ccccc2)s1. The maximum absolute atomic E-state index is 12.6. The molecule has 1 amide bonds. The van der Waals surface area contributed by atoms with E-state index in [0.29, 0.717) is 12.0 Å². The Morgan fingerprint density at radius 2 is 1.57 bits per heavy atom. The highest BCUT2D eigenvalue weighted by molar-refractivity contribution is 7.91. The molecule has 0 fully saturated rings. The molecule has 0 aliphatic heterocycles. The number of ketones is 1. The van der Waals surface area contributed by atoms with Gasteiger partial charge in [0.15, 0.2) is 5.78 Å². The van der Waals surface area contributed by atoms with E-state index in [2.05, 4.69) is 10.0 Å². The van der Waals surface area contributed by atoms with Gasteiger partial charge in [-0.2, -0.15) is 0 Å². The number of Topliss-reactive ketones (excluding diaryl/α,β-unsaturated/α-hetero) is 1. The van der Waals surface area contributed by atoms with Gasteiger partial charge < -0.3 is 5.32 Å². The first-order valence-corrected chi connectivity index (χ1v) is 11.7. The van der Waals surface area contributed by atoms with Crippen LogP contribution in [0.25, 0.3) is 0 Å². The minimum absolute atomic E-state index is 0.0574. The molecule has 3 rings (SSSR count). The highest BCUT2D eigenvalue weighted by Gasteiger charge is 2.22. The number of nitrogens with one attached hydrogen (secondary N) is 2. The molecule has 1 atom stereocenters. The summed E-state index contributed by atoms with van der Waals surface area (Å²) in [5, 5.41) is 2.54. The third-order valence-corrected chi connectivity index (χ3v) is 7.48. The smallest absolute Gasteiger partial charge is 0.261 e. The topological polar surface area (TPSA) is 92.3 Å². The number of benzene rings is 2. The van der Waals surface area contributed by atoms with Gasteiger partial charge >= 0.3 is 0 Å². The molecule has 30 heavy (non-hydrogen) atoms. The summed E-state index contributed by atoms with van der Waals surface area (Å²) in [5.41, 5.74) is 1.53. The van der Waals surface area contributed by atoms with Crippen molar-refractivity contribution in [1.29, 1.82) is 0 Å². The van der Waals surface area contributed by atoms with Gasteiger partial charge in [-0.25, -0.2) is 13.1 Å². The summed E-state index contributed by atoms with van der Waals surface area (Å²) in [7, 11) is -3.74. The van der Waals surface area contributed by atoms with Crippen molar-refractivity contribution in [1.82, 2.24) is 10.0 Å². The van der Waals surface area contributed by atoms with E-state index in [1.807, 2.05) is 30.3 Å². The number of carbonyl (C=O) groups excluding carboxylic acids is 2. The number of amides is 1. The van der Waals surface area contributed by atoms with E-state index in [9.17, 15) is 18.0 Å². The van der Waals surface area contributed by atoms with Crippen molar-refractivity contribution in [2.45, 2.75) is 23.6 Å². The van der Waals surface area contributed by atoms with Gasteiger partial charge in [-0.05, 0) is 31.0 Å². The first-order chi connectivity index (χ1) is 14.3. The number of hydrogen-bond donors (Lipinski definition) is 2. The quantitative estimate of drug-likeness (QED) is 0.498. The Balaban J connectivity index is 1.58. The Hall–Kier alpha value is -2.81. The fourth-order valence-corrected chi connectivity index (χ4v) is 5.38. The molecule has 0 saturated heterocycles. The number of sulfonamides is 1. The molecule has 0 radical (unpaired) electrons. The van der Waals surface area contributed by atoms with E-state index < -0.39 is 15.9 Å². The molecular formula is C22H22N2O4S2. The van der Waals surface area contributed by atoms with Crippen molar-refractivity contribution < 1.29 is 18.0 Å². The van der Waals surface area contributed by atoms with Crippen LogP contribution in [0.5, 0.6) is 0 Å². The van der Waals surface area contributed by atoms with Crippen molar-refractivity contribution in [2.75, 3.05) is 6.54 Å². The van der Waals surface area contributed by atoms with Crippen molar-refractivity contribution >= 4 is 33.1 Å². The molecule has 8 heteroatoms. The predicted octanol–water partition coefficient (Wildman–Crippen LogP) is 3.27. The van der Waals surface area contributed by atoms with Crippen LogP contribution in [0.1, 0.15) is 32.5 Å². The Labute approximate surface area is 180 Å². The molecule has 0 spiro atoms. The lowest BCUT2D eigenvalue weighted by molar-refractivity contribution is 0.0906. The van der Waals surface area contributed by atoms with E-state index in [4.69, 9.17) is 0 Å². The maximum atomic E-state index is 12.6. The zero-order valence-corrected chi connectivity index (χ0v) is 18.0. The van der Waals surface area contributed by atoms with Crippen LogP contribution in [0.15, 0.2) is 77.0 Å². The van der Waals surface area contributed by atoms with E-state index in [1.54, 1.807) is 37.3 Å². The van der Waals surface area contributed by atoms with Gasteiger partial charge in [0.25, 0.3) is 5.91 Å². The van der Waals surface area contributed by atoms with Gasteiger partial charge in [-0.3, -0.25) is 9.59 Å². The molecule has 6 nitrogen and oxygen atoms in total. The van der Waals surface area contributed by atoms with Crippen molar-refractivity contribution in [3.63, 3.8) is 0 Å². The van der Waals surface area contributed by atoms with Crippen LogP contribution < -0.4 is 10.0 Å². The zero-order chi connectivity index (χ0) is 21.6. The first kappa shape index (κ1) is 21.9. The lowest BCUT2D eigenvalue weighted by Crippen LogP contribution is -2.33. The summed E-state index contributed by atoms with van der Waals surface area (Å²) in [6.07, 6.45) is 0.556. The largest absolute Gasteiger partial charge is 0.344 e. The third-order valence-electron chi connectivity index (χ3n) is 4.32. The summed E-state index contributed by atoms with van der Waals surface area (Å²) in [6, 6.07) is 20.8. The molecule has 0 unspecified atom stereocenters. The standard InChI is InChI=1S/C22H22N2O4S2/c1-16(14-17-8-4-2-5-9-17)24-30(27,28)21-13-12-20(29-21)22(26)23-15-19(25)18-10-6-3-7-11-18/h2-13,16,24H,14-15H2,1H3,(H,23,26)/t16-/m0/s1. The average molecular weight is 443 g/mol. The summed E-state index contributed by atoms with van der Waals surface area (Å²) < 4.78 is 28.0. The van der Waals surface area contributed by atoms with Gasteiger partial charge in [0.2, 0.25) is 10.0 Å². The van der Waals surface area contributed by atoms with E-state index in [0.717, 1.165) is 16.9 Å². The molecule has 1 heterocycles. The molecule has 1 aromatic heterocycles. The van der Waals surface area contributed by atoms with Gasteiger partial charge in [-0.1, -0.05) is 60.7 Å². The number of hydrogen-bond acceptors (Lipinski definition) is 5. The van der Waals surface area contributed by atoms with Gasteiger partial charge in [0, 0.05) is 11.6 Å². The number of rotatable bonds is 9. The number of thiophene rings is 1. The highest BCUT2D eigenvalue weighted by Crippen LogP contribution is 2.22. The first-order valence-electron chi connectivity index (χ1n) is 9.38. The summed E-state index contributed by atoms with van der Waals surface area (Å²) >= 11 is 0.870. The van der Waals surface area contributed by atoms with Crippen LogP contribution in [0, 0.1) is 0 Å². The molecule has 0 aliphatic rings. The molecular weight excluding hydrogens is 420 g/mol. The molecule has 2 aromatic carbocycles. The molecule has 0 saturated carbocycles. The normalized spacial score (nSPS) is 12.3. The van der Waals surface area contributed by atoms with Crippen LogP contribution in [-0.4, -0.2) is 32.7 Å². The lowest BCUT2D eigenvalue weighted by Gasteiger charge is -2.13. The zero-order valence-electron chi connectivity index (χ0n) is 16.4. The molecule has 3 aromatic rings. The lowest BCUT2D eigenvalue weighted by atomic mass is 10.1. The fraction of sp³-hybridized carbons (Fsp3) is 0.182. The van der Waals surface area contributed by atoms with Crippen LogP contribution in [0.4, 0.5) is 0 Å². The summed E-state index contributed by atoms with van der Waals surface area (Å²) in [5.74, 6) is -0.701. The minimum Gasteiger partial charge on any atom is -0.344 e. The fourth-order valence-electron chi connectivity index (χ4n) is 2.89. The molecule has 0 bridgehead atoms. The van der Waals surface area contributed by atoms with Crippen LogP contribution >= 0.6 is 11.3 Å². The average Bonchev–Trinajstić information content (AvgIpc) is 3.24. The van der Waals surface area contributed by atoms with Crippen LogP contribution in [-0.2, 0) is 16.4 Å². The Bertz CT molecular complexity index is 1110. The summed E-state index contributed by atoms with van der Waals surface area (Å²) in [6.45, 7) is 1.64. The van der Waals surface area contributed by atoms with Crippen molar-refractivity contribution in [2.24, 2.45) is 0 Å². The minimum atomic E-state index is -3.74. The molecule has 0 aliphatic carbocycles. The Morgan fingerprint density at radius 3 is 2.23 bits per heavy atom. The maximum Gasteiger partial charge on any atom is 0.261 e. The monoisotopic (exact) mass is 442 g/mol. The molecule has 156 valence electrons. The molecule has 2 N–H and O–H groups in total. The van der Waals surface area contributed by atoms with E-state index in [1.165, 1.54) is 12.1 Å². The Kier molecular flexibility index (Phi) is 7.15. The van der Waals surface area contributed by atoms with Gasteiger partial charge in [0.05, 0.1) is 11.4 Å². The van der Waals surface area contributed by atoms with Gasteiger partial charge in [0.1, 0.15) is 4.21 Å². The Morgan fingerprint density at radius 1 is 0.933 bits per heavy atom. The van der Waals surface area contributed by atoms with Gasteiger partial charge in [-0.15, -0.1) is 11.3 Å². The number of carbonyl (C=O) groups is 2. The second-order valence-corrected chi connectivity index (χ2v) is 9.83. The second kappa shape index (κ2) is 9.80. The van der Waals surface area contributed by atoms with Crippen molar-refractivity contribution in [3.8, 4) is 0 Å². The van der Waals surface area contributed by atoms with E-state index >= 15 is 0 Å². The van der Waals surface area contributed by atoms with Crippen molar-refractivity contribution in [3.05, 3.63) is 88.8 Å². The second-order valence-electron chi connectivity index (χ2n) is 6.80.